The lowest BCUT2D eigenvalue weighted by Gasteiger charge is -2.37. The Balaban J connectivity index is 1.64. The highest BCUT2D eigenvalue weighted by Crippen LogP contribution is 2.36. The quantitative estimate of drug-likeness (QED) is 0.410. The van der Waals surface area contributed by atoms with E-state index in [0.29, 0.717) is 62.3 Å². The summed E-state index contributed by atoms with van der Waals surface area (Å²) in [5, 5.41) is 9.52. The van der Waals surface area contributed by atoms with Crippen LogP contribution in [-0.2, 0) is 6.18 Å². The maximum atomic E-state index is 13.8. The average Bonchev–Trinajstić information content (AvgIpc) is 2.89. The van der Waals surface area contributed by atoms with Crippen LogP contribution >= 0.6 is 11.6 Å². The lowest BCUT2D eigenvalue weighted by Crippen LogP contribution is -2.47. The van der Waals surface area contributed by atoms with Gasteiger partial charge in [0.25, 0.3) is 0 Å². The zero-order valence-corrected chi connectivity index (χ0v) is 21.0. The number of aliphatic hydroxyl groups excluding tert-OH is 1. The number of piperazine rings is 1. The molecule has 12 heteroatoms. The molecule has 0 bridgehead atoms. The second-order valence-corrected chi connectivity index (χ2v) is 9.00. The molecule has 3 aromatic rings. The van der Waals surface area contributed by atoms with Gasteiger partial charge in [0.1, 0.15) is 17.5 Å². The first-order valence-corrected chi connectivity index (χ1v) is 12.3. The van der Waals surface area contributed by atoms with Crippen LogP contribution in [0, 0.1) is 5.82 Å². The highest BCUT2D eigenvalue weighted by atomic mass is 35.5. The van der Waals surface area contributed by atoms with Crippen molar-refractivity contribution in [3.8, 4) is 11.3 Å². The zero-order valence-electron chi connectivity index (χ0n) is 20.2. The average molecular weight is 539 g/mol. The summed E-state index contributed by atoms with van der Waals surface area (Å²) in [7, 11) is 0. The molecule has 1 N–H and O–H groups in total. The van der Waals surface area contributed by atoms with Gasteiger partial charge in [-0.25, -0.2) is 14.4 Å². The first kappa shape index (κ1) is 26.9. The van der Waals surface area contributed by atoms with Crippen LogP contribution in [0.2, 0.25) is 5.02 Å². The van der Waals surface area contributed by atoms with Crippen LogP contribution in [0.25, 0.3) is 11.3 Å². The molecule has 3 heterocycles. The Labute approximate surface area is 217 Å². The maximum absolute atomic E-state index is 13.8. The molecule has 2 aromatic heterocycles. The molecule has 1 aromatic carbocycles. The molecule has 1 saturated heterocycles. The third-order valence-electron chi connectivity index (χ3n) is 6.06. The van der Waals surface area contributed by atoms with Crippen LogP contribution in [-0.4, -0.2) is 65.9 Å². The molecule has 1 aliphatic heterocycles. The number of anilines is 3. The molecule has 0 aliphatic carbocycles. The third-order valence-corrected chi connectivity index (χ3v) is 6.35. The van der Waals surface area contributed by atoms with E-state index in [-0.39, 0.29) is 17.4 Å². The number of alkyl halides is 3. The number of rotatable bonds is 8. The van der Waals surface area contributed by atoms with E-state index in [1.165, 1.54) is 24.4 Å². The van der Waals surface area contributed by atoms with Gasteiger partial charge in [0.2, 0.25) is 5.95 Å². The number of halogens is 5. The van der Waals surface area contributed by atoms with Crippen molar-refractivity contribution in [2.24, 2.45) is 0 Å². The predicted molar refractivity (Wildman–Crippen MR) is 136 cm³/mol. The van der Waals surface area contributed by atoms with E-state index in [4.69, 9.17) is 16.6 Å². The minimum absolute atomic E-state index is 0.0376. The fourth-order valence-electron chi connectivity index (χ4n) is 4.25. The highest BCUT2D eigenvalue weighted by molar-refractivity contribution is 6.31. The van der Waals surface area contributed by atoms with E-state index in [2.05, 4.69) is 9.97 Å². The van der Waals surface area contributed by atoms with Crippen LogP contribution in [0.3, 0.4) is 0 Å². The molecule has 1 fully saturated rings. The summed E-state index contributed by atoms with van der Waals surface area (Å²) in [6.07, 6.45) is -2.34. The normalized spacial score (nSPS) is 14.2. The van der Waals surface area contributed by atoms with Gasteiger partial charge in [0.05, 0.1) is 22.9 Å². The van der Waals surface area contributed by atoms with Crippen molar-refractivity contribution in [3.05, 3.63) is 59.0 Å². The van der Waals surface area contributed by atoms with Gasteiger partial charge in [0.15, 0.2) is 0 Å². The Bertz CT molecular complexity index is 1210. The van der Waals surface area contributed by atoms with Gasteiger partial charge < -0.3 is 19.8 Å². The predicted octanol–water partition coefficient (Wildman–Crippen LogP) is 4.89. The Hall–Kier alpha value is -3.18. The Morgan fingerprint density at radius 2 is 1.76 bits per heavy atom. The van der Waals surface area contributed by atoms with E-state index < -0.39 is 17.6 Å². The van der Waals surface area contributed by atoms with Crippen LogP contribution in [0.15, 0.2) is 42.6 Å². The fraction of sp³-hybridized carbons (Fsp3) is 0.400. The minimum Gasteiger partial charge on any atom is -0.395 e. The van der Waals surface area contributed by atoms with Crippen molar-refractivity contribution in [3.63, 3.8) is 0 Å². The summed E-state index contributed by atoms with van der Waals surface area (Å²) in [5.74, 6) is 0.347. The Morgan fingerprint density at radius 1 is 1.03 bits per heavy atom. The van der Waals surface area contributed by atoms with E-state index in [9.17, 15) is 22.7 Å². The molecule has 0 saturated carbocycles. The summed E-state index contributed by atoms with van der Waals surface area (Å²) >= 11 is 6.01. The van der Waals surface area contributed by atoms with Crippen molar-refractivity contribution in [1.29, 1.82) is 0 Å². The van der Waals surface area contributed by atoms with Crippen molar-refractivity contribution < 1.29 is 22.7 Å². The van der Waals surface area contributed by atoms with Gasteiger partial charge in [-0.3, -0.25) is 0 Å². The number of nitrogens with zero attached hydrogens (tertiary/aromatic N) is 6. The van der Waals surface area contributed by atoms with Gasteiger partial charge >= 0.3 is 6.18 Å². The van der Waals surface area contributed by atoms with Gasteiger partial charge in [-0.15, -0.1) is 0 Å². The summed E-state index contributed by atoms with van der Waals surface area (Å²) in [5.41, 5.74) is 0.355. The molecule has 7 nitrogen and oxygen atoms in total. The number of aliphatic hydroxyl groups is 1. The number of benzene rings is 1. The van der Waals surface area contributed by atoms with Gasteiger partial charge in [0, 0.05) is 57.1 Å². The van der Waals surface area contributed by atoms with Crippen molar-refractivity contribution in [2.75, 3.05) is 60.6 Å². The molecule has 4 rings (SSSR count). The number of pyridine rings is 1. The van der Waals surface area contributed by atoms with Crippen molar-refractivity contribution >= 4 is 29.2 Å². The SMILES string of the molecule is CCCN(CCO)c1nc(-c2ccc(F)c(Cl)c2)cc(N2CCN(c3ncccc3C(F)(F)F)CC2)n1. The molecule has 0 radical (unpaired) electrons. The standard InChI is InChI=1S/C25H27ClF4N6O/c1-2-8-36(13-14-37)24-32-21(17-5-6-20(27)19(26)15-17)16-22(33-24)34-9-11-35(12-10-34)23-18(25(28,29)30)4-3-7-31-23/h3-7,15-16,37H,2,8-14H2,1H3. The largest absolute Gasteiger partial charge is 0.419 e. The lowest BCUT2D eigenvalue weighted by atomic mass is 10.1. The topological polar surface area (TPSA) is 68.6 Å². The second kappa shape index (κ2) is 11.5. The lowest BCUT2D eigenvalue weighted by molar-refractivity contribution is -0.137. The molecule has 1 aliphatic rings. The summed E-state index contributed by atoms with van der Waals surface area (Å²) in [4.78, 5) is 18.8. The van der Waals surface area contributed by atoms with E-state index in [1.807, 2.05) is 16.7 Å². The smallest absolute Gasteiger partial charge is 0.395 e. The van der Waals surface area contributed by atoms with Crippen molar-refractivity contribution in [1.82, 2.24) is 15.0 Å². The van der Waals surface area contributed by atoms with E-state index >= 15 is 0 Å². The van der Waals surface area contributed by atoms with Crippen LogP contribution < -0.4 is 14.7 Å². The molecule has 0 atom stereocenters. The fourth-order valence-corrected chi connectivity index (χ4v) is 4.43. The van der Waals surface area contributed by atoms with Crippen LogP contribution in [0.4, 0.5) is 35.1 Å². The summed E-state index contributed by atoms with van der Waals surface area (Å²) < 4.78 is 54.3. The monoisotopic (exact) mass is 538 g/mol. The minimum atomic E-state index is -4.50. The van der Waals surface area contributed by atoms with Crippen molar-refractivity contribution in [2.45, 2.75) is 19.5 Å². The van der Waals surface area contributed by atoms with Gasteiger partial charge in [-0.05, 0) is 36.8 Å². The molecule has 0 amide bonds. The first-order valence-electron chi connectivity index (χ1n) is 11.9. The molecular weight excluding hydrogens is 512 g/mol. The number of hydrogen-bond donors (Lipinski definition) is 1. The molecular formula is C25H27ClF4N6O. The number of aromatic nitrogens is 3. The highest BCUT2D eigenvalue weighted by Gasteiger charge is 2.36. The molecule has 0 unspecified atom stereocenters. The van der Waals surface area contributed by atoms with Gasteiger partial charge in [-0.1, -0.05) is 18.5 Å². The Kier molecular flexibility index (Phi) is 8.33. The molecule has 37 heavy (non-hydrogen) atoms. The molecule has 198 valence electrons. The Morgan fingerprint density at radius 3 is 2.41 bits per heavy atom. The van der Waals surface area contributed by atoms with Gasteiger partial charge in [-0.2, -0.15) is 18.2 Å². The first-order chi connectivity index (χ1) is 17.7. The summed E-state index contributed by atoms with van der Waals surface area (Å²) in [6, 6.07) is 8.40. The number of hydrogen-bond acceptors (Lipinski definition) is 7. The zero-order chi connectivity index (χ0) is 26.6. The second-order valence-electron chi connectivity index (χ2n) is 8.60. The molecule has 0 spiro atoms. The van der Waals surface area contributed by atoms with E-state index in [0.717, 1.165) is 12.5 Å². The maximum Gasteiger partial charge on any atom is 0.419 e. The van der Waals surface area contributed by atoms with Crippen LogP contribution in [0.1, 0.15) is 18.9 Å². The van der Waals surface area contributed by atoms with Crippen LogP contribution in [0.5, 0.6) is 0 Å². The van der Waals surface area contributed by atoms with E-state index in [1.54, 1.807) is 17.0 Å². The third kappa shape index (κ3) is 6.22. The summed E-state index contributed by atoms with van der Waals surface area (Å²) in [6.45, 7) is 4.29.